The first-order chi connectivity index (χ1) is 11.4. The monoisotopic (exact) mass is 330 g/mol. The summed E-state index contributed by atoms with van der Waals surface area (Å²) < 4.78 is 13.2. The Morgan fingerprint density at radius 2 is 2.00 bits per heavy atom. The summed E-state index contributed by atoms with van der Waals surface area (Å²) in [7, 11) is 0. The molecule has 0 saturated heterocycles. The van der Waals surface area contributed by atoms with E-state index in [9.17, 15) is 9.18 Å². The number of nitrogens with zero attached hydrogens (tertiary/aromatic N) is 2. The van der Waals surface area contributed by atoms with Gasteiger partial charge in [-0.1, -0.05) is 38.1 Å². The molecule has 1 aliphatic heterocycles. The van der Waals surface area contributed by atoms with Crippen molar-refractivity contribution >= 4 is 17.5 Å². The molecule has 0 saturated carbocycles. The van der Waals surface area contributed by atoms with Gasteiger partial charge in [-0.25, -0.2) is 9.38 Å². The predicted octanol–water partition coefficient (Wildman–Crippen LogP) is 4.11. The van der Waals surface area contributed by atoms with Crippen LogP contribution in [0.15, 0.2) is 46.4 Å². The summed E-state index contributed by atoms with van der Waals surface area (Å²) in [5, 5.41) is 8.77. The molecule has 0 amide bonds. The van der Waals surface area contributed by atoms with Gasteiger partial charge < -0.3 is 5.11 Å². The zero-order valence-corrected chi connectivity index (χ0v) is 14.2. The minimum absolute atomic E-state index is 0.0311. The van der Waals surface area contributed by atoms with Crippen molar-refractivity contribution in [2.24, 2.45) is 21.8 Å². The normalized spacial score (nSPS) is 21.0. The van der Waals surface area contributed by atoms with Crippen LogP contribution in [0, 0.1) is 17.7 Å². The minimum atomic E-state index is -0.815. The van der Waals surface area contributed by atoms with Gasteiger partial charge in [-0.05, 0) is 37.0 Å². The molecule has 128 valence electrons. The number of aliphatic carboxylic acids is 1. The maximum Gasteiger partial charge on any atom is 0.303 e. The van der Waals surface area contributed by atoms with E-state index in [4.69, 9.17) is 5.11 Å². The SMILES string of the molecule is CC1=NC(C(C)C)C(/C=C/CCC(=O)O)C(c2ccc(F)cc2)=N1. The van der Waals surface area contributed by atoms with Gasteiger partial charge in [0, 0.05) is 12.3 Å². The van der Waals surface area contributed by atoms with Crippen molar-refractivity contribution in [2.45, 2.75) is 39.7 Å². The minimum Gasteiger partial charge on any atom is -0.481 e. The van der Waals surface area contributed by atoms with Crippen molar-refractivity contribution in [2.75, 3.05) is 0 Å². The number of hydrogen-bond donors (Lipinski definition) is 1. The van der Waals surface area contributed by atoms with Crippen LogP contribution in [0.3, 0.4) is 0 Å². The van der Waals surface area contributed by atoms with Crippen molar-refractivity contribution < 1.29 is 14.3 Å². The highest BCUT2D eigenvalue weighted by atomic mass is 19.1. The smallest absolute Gasteiger partial charge is 0.303 e. The zero-order valence-electron chi connectivity index (χ0n) is 14.2. The molecule has 1 aromatic carbocycles. The highest BCUT2D eigenvalue weighted by Gasteiger charge is 2.30. The molecule has 1 aromatic rings. The Labute approximate surface area is 141 Å². The molecule has 2 rings (SSSR count). The van der Waals surface area contributed by atoms with Crippen LogP contribution in [0.4, 0.5) is 4.39 Å². The van der Waals surface area contributed by atoms with Crippen LogP contribution < -0.4 is 0 Å². The second kappa shape index (κ2) is 7.99. The van der Waals surface area contributed by atoms with Gasteiger partial charge in [0.2, 0.25) is 0 Å². The number of carbonyl (C=O) groups is 1. The maximum atomic E-state index is 13.2. The van der Waals surface area contributed by atoms with Gasteiger partial charge in [-0.3, -0.25) is 9.79 Å². The third-order valence-electron chi connectivity index (χ3n) is 3.99. The third kappa shape index (κ3) is 4.60. The second-order valence-electron chi connectivity index (χ2n) is 6.30. The fraction of sp³-hybridized carbons (Fsp3) is 0.421. The van der Waals surface area contributed by atoms with E-state index in [-0.39, 0.29) is 24.2 Å². The van der Waals surface area contributed by atoms with Gasteiger partial charge in [0.15, 0.2) is 0 Å². The van der Waals surface area contributed by atoms with E-state index in [0.717, 1.165) is 11.3 Å². The Morgan fingerprint density at radius 3 is 2.58 bits per heavy atom. The molecule has 1 N–H and O–H groups in total. The van der Waals surface area contributed by atoms with Gasteiger partial charge in [0.25, 0.3) is 0 Å². The number of hydrogen-bond acceptors (Lipinski definition) is 3. The lowest BCUT2D eigenvalue weighted by atomic mass is 9.83. The summed E-state index contributed by atoms with van der Waals surface area (Å²) >= 11 is 0. The van der Waals surface area contributed by atoms with Gasteiger partial charge in [0.05, 0.1) is 11.8 Å². The van der Waals surface area contributed by atoms with Crippen molar-refractivity contribution in [3.63, 3.8) is 0 Å². The molecule has 4 nitrogen and oxygen atoms in total. The summed E-state index contributed by atoms with van der Waals surface area (Å²) in [6.45, 7) is 6.07. The third-order valence-corrected chi connectivity index (χ3v) is 3.99. The first kappa shape index (κ1) is 18.0. The van der Waals surface area contributed by atoms with E-state index >= 15 is 0 Å². The summed E-state index contributed by atoms with van der Waals surface area (Å²) in [5.41, 5.74) is 1.72. The van der Waals surface area contributed by atoms with Crippen LogP contribution >= 0.6 is 0 Å². The predicted molar refractivity (Wildman–Crippen MR) is 94.2 cm³/mol. The van der Waals surface area contributed by atoms with Crippen molar-refractivity contribution in [1.29, 1.82) is 0 Å². The summed E-state index contributed by atoms with van der Waals surface area (Å²) in [4.78, 5) is 19.9. The van der Waals surface area contributed by atoms with E-state index in [1.165, 1.54) is 12.1 Å². The zero-order chi connectivity index (χ0) is 17.7. The molecule has 0 radical (unpaired) electrons. The number of halogens is 1. The van der Waals surface area contributed by atoms with E-state index in [0.29, 0.717) is 18.2 Å². The molecule has 0 bridgehead atoms. The topological polar surface area (TPSA) is 62.0 Å². The molecule has 0 aliphatic carbocycles. The fourth-order valence-corrected chi connectivity index (χ4v) is 2.83. The molecule has 1 heterocycles. The van der Waals surface area contributed by atoms with E-state index in [2.05, 4.69) is 23.8 Å². The Kier molecular flexibility index (Phi) is 6.01. The summed E-state index contributed by atoms with van der Waals surface area (Å²) in [5.74, 6) is -0.129. The van der Waals surface area contributed by atoms with Crippen LogP contribution in [0.1, 0.15) is 39.2 Å². The Balaban J connectivity index is 2.33. The molecular formula is C19H23FN2O2. The molecule has 0 spiro atoms. The number of allylic oxidation sites excluding steroid dienone is 1. The quantitative estimate of drug-likeness (QED) is 0.798. The number of benzene rings is 1. The number of aliphatic imine (C=N–C) groups is 2. The molecule has 0 aromatic heterocycles. The van der Waals surface area contributed by atoms with Crippen LogP contribution in [0.25, 0.3) is 0 Å². The molecular weight excluding hydrogens is 307 g/mol. The average molecular weight is 330 g/mol. The lowest BCUT2D eigenvalue weighted by Crippen LogP contribution is -2.34. The van der Waals surface area contributed by atoms with E-state index < -0.39 is 5.97 Å². The number of rotatable bonds is 6. The molecule has 2 unspecified atom stereocenters. The molecule has 0 fully saturated rings. The second-order valence-corrected chi connectivity index (χ2v) is 6.30. The lowest BCUT2D eigenvalue weighted by Gasteiger charge is -2.30. The summed E-state index contributed by atoms with van der Waals surface area (Å²) in [6, 6.07) is 6.33. The van der Waals surface area contributed by atoms with Crippen LogP contribution in [0.5, 0.6) is 0 Å². The van der Waals surface area contributed by atoms with Gasteiger partial charge in [-0.2, -0.15) is 0 Å². The van der Waals surface area contributed by atoms with Crippen molar-refractivity contribution in [3.8, 4) is 0 Å². The van der Waals surface area contributed by atoms with Gasteiger partial charge in [-0.15, -0.1) is 0 Å². The van der Waals surface area contributed by atoms with Gasteiger partial charge >= 0.3 is 5.97 Å². The van der Waals surface area contributed by atoms with Crippen LogP contribution in [-0.4, -0.2) is 28.7 Å². The standard InChI is InChI=1S/C19H23FN2O2/c1-12(2)18-16(6-4-5-7-17(23)24)19(22-13(3)21-18)14-8-10-15(20)11-9-14/h4,6,8-12,16,18H,5,7H2,1-3H3,(H,23,24)/b6-4+. The van der Waals surface area contributed by atoms with E-state index in [1.807, 2.05) is 19.1 Å². The fourth-order valence-electron chi connectivity index (χ4n) is 2.83. The van der Waals surface area contributed by atoms with Crippen molar-refractivity contribution in [3.05, 3.63) is 47.8 Å². The maximum absolute atomic E-state index is 13.2. The first-order valence-electron chi connectivity index (χ1n) is 8.16. The van der Waals surface area contributed by atoms with Gasteiger partial charge in [0.1, 0.15) is 11.7 Å². The molecule has 5 heteroatoms. The highest BCUT2D eigenvalue weighted by Crippen LogP contribution is 2.27. The molecule has 1 aliphatic rings. The highest BCUT2D eigenvalue weighted by molar-refractivity contribution is 6.10. The average Bonchev–Trinajstić information content (AvgIpc) is 2.52. The Bertz CT molecular complexity index is 675. The Hall–Kier alpha value is -2.30. The lowest BCUT2D eigenvalue weighted by molar-refractivity contribution is -0.136. The molecule has 2 atom stereocenters. The van der Waals surface area contributed by atoms with Crippen LogP contribution in [-0.2, 0) is 4.79 Å². The Morgan fingerprint density at radius 1 is 1.33 bits per heavy atom. The first-order valence-corrected chi connectivity index (χ1v) is 8.16. The summed E-state index contributed by atoms with van der Waals surface area (Å²) in [6.07, 6.45) is 4.44. The largest absolute Gasteiger partial charge is 0.481 e. The molecule has 24 heavy (non-hydrogen) atoms. The number of carboxylic acids is 1. The number of carboxylic acid groups (broad SMARTS) is 1. The van der Waals surface area contributed by atoms with E-state index in [1.54, 1.807) is 12.1 Å². The number of amidine groups is 1. The van der Waals surface area contributed by atoms with Crippen LogP contribution in [0.2, 0.25) is 0 Å². The van der Waals surface area contributed by atoms with Crippen molar-refractivity contribution in [1.82, 2.24) is 0 Å².